The number of hydrogen-bond acceptors (Lipinski definition) is 17. The lowest BCUT2D eigenvalue weighted by atomic mass is 9.84. The molecule has 0 spiro atoms. The number of amides is 7. The monoisotopic (exact) mass is 1350 g/mol. The fourth-order valence-electron chi connectivity index (χ4n) is 11.9. The second kappa shape index (κ2) is 41.1. The molecule has 0 saturated heterocycles. The SMILES string of the molecule is C/C=C/C[C@@H](C)[C@@H](OC(C)=O)[C@@H](C(=O)N[C@@H](CC)C(=O)OCCN(C)C(C)=O)N(C)C(=O)[C@H](C(C)C)N(C)C(=O)[C@H](CC(C)C)N(C)C(=O)[C@H](CC(C)C)N(C)C(=O)[C@@H](C)CC(=O)[C@H](C)CC(=O)[C@H](CC(C)C)N(C)C(=O)[C@@H](CC(=O)[C@@H](NC)[C@H](C)CS(C)(=O)=O)C(C)C. The van der Waals surface area contributed by atoms with E-state index in [9.17, 15) is 51.6 Å². The Morgan fingerprint density at radius 2 is 1.01 bits per heavy atom. The molecule has 0 aliphatic carbocycles. The maximum absolute atomic E-state index is 15.3. The highest BCUT2D eigenvalue weighted by Gasteiger charge is 2.47. The first-order valence-electron chi connectivity index (χ1n) is 33.5. The van der Waals surface area contributed by atoms with Crippen LogP contribution in [0.1, 0.15) is 176 Å². The molecular weight excluding hydrogens is 1230 g/mol. The van der Waals surface area contributed by atoms with Crippen LogP contribution in [-0.4, -0.2) is 231 Å². The van der Waals surface area contributed by atoms with Gasteiger partial charge in [-0.3, -0.25) is 52.7 Å². The smallest absolute Gasteiger partial charge is 0.328 e. The number of ketones is 3. The summed E-state index contributed by atoms with van der Waals surface area (Å²) >= 11 is 0. The Kier molecular flexibility index (Phi) is 38.4. The molecule has 0 aromatic heterocycles. The van der Waals surface area contributed by atoms with Gasteiger partial charge in [-0.05, 0) is 87.5 Å². The van der Waals surface area contributed by atoms with Crippen molar-refractivity contribution in [2.75, 3.05) is 74.5 Å². The van der Waals surface area contributed by atoms with E-state index in [0.717, 1.165) is 11.2 Å². The normalized spacial score (nSPS) is 16.1. The minimum Gasteiger partial charge on any atom is -0.462 e. The lowest BCUT2D eigenvalue weighted by molar-refractivity contribution is -0.164. The van der Waals surface area contributed by atoms with Crippen LogP contribution < -0.4 is 10.6 Å². The summed E-state index contributed by atoms with van der Waals surface area (Å²) in [6, 6.07) is -8.14. The van der Waals surface area contributed by atoms with Crippen LogP contribution in [0.5, 0.6) is 0 Å². The van der Waals surface area contributed by atoms with Crippen LogP contribution in [0.2, 0.25) is 0 Å². The Balaban J connectivity index is 7.14. The highest BCUT2D eigenvalue weighted by molar-refractivity contribution is 7.90. The van der Waals surface area contributed by atoms with Crippen LogP contribution in [0.3, 0.4) is 0 Å². The van der Waals surface area contributed by atoms with Gasteiger partial charge in [0.1, 0.15) is 58.5 Å². The molecular formula is C69H122N8O16S. The van der Waals surface area contributed by atoms with Gasteiger partial charge in [0.25, 0.3) is 0 Å². The van der Waals surface area contributed by atoms with Gasteiger partial charge in [0.15, 0.2) is 11.6 Å². The minimum absolute atomic E-state index is 0.0560. The number of carbonyl (C=O) groups excluding carboxylic acids is 12. The van der Waals surface area contributed by atoms with Crippen LogP contribution in [0.4, 0.5) is 0 Å². The maximum atomic E-state index is 15.3. The van der Waals surface area contributed by atoms with Crippen molar-refractivity contribution < 1.29 is 75.4 Å². The summed E-state index contributed by atoms with van der Waals surface area (Å²) in [5.74, 6) is -12.0. The predicted octanol–water partition coefficient (Wildman–Crippen LogP) is 6.06. The molecule has 0 aromatic carbocycles. The van der Waals surface area contributed by atoms with Gasteiger partial charge < -0.3 is 49.5 Å². The summed E-state index contributed by atoms with van der Waals surface area (Å²) in [6.07, 6.45) is 3.65. The molecule has 13 atom stereocenters. The largest absolute Gasteiger partial charge is 0.462 e. The zero-order valence-electron chi connectivity index (χ0n) is 61.9. The molecule has 0 fully saturated rings. The van der Waals surface area contributed by atoms with Crippen molar-refractivity contribution in [3.05, 3.63) is 12.2 Å². The highest BCUT2D eigenvalue weighted by atomic mass is 32.2. The van der Waals surface area contributed by atoms with E-state index in [1.165, 1.54) is 73.6 Å². The van der Waals surface area contributed by atoms with E-state index in [0.29, 0.717) is 6.42 Å². The zero-order valence-corrected chi connectivity index (χ0v) is 62.8. The molecule has 0 unspecified atom stereocenters. The van der Waals surface area contributed by atoms with Gasteiger partial charge >= 0.3 is 11.9 Å². The number of sulfone groups is 1. The summed E-state index contributed by atoms with van der Waals surface area (Å²) in [7, 11) is 6.94. The van der Waals surface area contributed by atoms with Gasteiger partial charge in [0.2, 0.25) is 41.4 Å². The molecule has 7 amide bonds. The van der Waals surface area contributed by atoms with Crippen molar-refractivity contribution >= 4 is 80.5 Å². The lowest BCUT2D eigenvalue weighted by Gasteiger charge is -2.42. The summed E-state index contributed by atoms with van der Waals surface area (Å²) < 4.78 is 35.5. The van der Waals surface area contributed by atoms with Crippen LogP contribution in [0, 0.1) is 59.2 Å². The topological polar surface area (TPSA) is 301 Å². The van der Waals surface area contributed by atoms with Crippen molar-refractivity contribution in [1.29, 1.82) is 0 Å². The van der Waals surface area contributed by atoms with Gasteiger partial charge in [-0.15, -0.1) is 0 Å². The third-order valence-electron chi connectivity index (χ3n) is 17.6. The average Bonchev–Trinajstić information content (AvgIpc) is 0.802. The van der Waals surface area contributed by atoms with E-state index >= 15 is 14.4 Å². The van der Waals surface area contributed by atoms with Crippen LogP contribution >= 0.6 is 0 Å². The molecule has 0 radical (unpaired) electrons. The number of esters is 2. The molecule has 25 heteroatoms. The minimum atomic E-state index is -3.41. The first-order chi connectivity index (χ1) is 43.3. The van der Waals surface area contributed by atoms with Crippen molar-refractivity contribution in [2.45, 2.75) is 224 Å². The third kappa shape index (κ3) is 27.9. The first-order valence-corrected chi connectivity index (χ1v) is 35.6. The fraction of sp³-hybridized carbons (Fsp3) is 0.797. The van der Waals surface area contributed by atoms with E-state index in [1.807, 2.05) is 47.6 Å². The van der Waals surface area contributed by atoms with Crippen molar-refractivity contribution in [2.24, 2.45) is 59.2 Å². The number of ether oxygens (including phenoxy) is 2. The Morgan fingerprint density at radius 3 is 1.45 bits per heavy atom. The van der Waals surface area contributed by atoms with Crippen LogP contribution in [0.25, 0.3) is 0 Å². The van der Waals surface area contributed by atoms with Crippen molar-refractivity contribution in [1.82, 2.24) is 40.0 Å². The van der Waals surface area contributed by atoms with Gasteiger partial charge in [-0.2, -0.15) is 0 Å². The number of nitrogens with one attached hydrogen (secondary N) is 2. The van der Waals surface area contributed by atoms with E-state index in [4.69, 9.17) is 9.47 Å². The molecule has 0 aromatic rings. The quantitative estimate of drug-likeness (QED) is 0.0518. The predicted molar refractivity (Wildman–Crippen MR) is 364 cm³/mol. The maximum Gasteiger partial charge on any atom is 0.328 e. The van der Waals surface area contributed by atoms with Crippen LogP contribution in [-0.2, 0) is 76.8 Å². The molecule has 0 saturated carbocycles. The van der Waals surface area contributed by atoms with Gasteiger partial charge in [0, 0.05) is 99.4 Å². The van der Waals surface area contributed by atoms with Crippen molar-refractivity contribution in [3.63, 3.8) is 0 Å². The number of likely N-dealkylation sites (N-methyl/N-ethyl adjacent to an activating group) is 7. The Labute approximate surface area is 563 Å². The van der Waals surface area contributed by atoms with Crippen LogP contribution in [0.15, 0.2) is 12.2 Å². The standard InChI is InChI=1S/C69H122N8O16S/c1-27-29-30-45(13)62(93-50(18)79)61(63(83)71-52(28-2)69(89)92-32-31-72(20)49(17)78)77(25)68(88)60(44(11)12)76(24)67(87)55(35-42(7)8)75(23)66(86)54(34-41(5)6)74(22)64(84)47(15)37-56(80)46(14)36-57(81)53(33-40(3)4)73(21)65(85)51(43(9)10)38-58(82)59(70-19)48(16)39-94(26,90)91/h27,29,40-48,51-55,59-62,70H,28,30-39H2,1-26H3,(H,71,83)/b29-27+/t45-,46-,47+,48-,51+,52+,53+,54+,55+,59+,60+,61+,62-/m1/s1. The molecule has 0 bridgehead atoms. The van der Waals surface area contributed by atoms with Gasteiger partial charge in [-0.25, -0.2) is 13.2 Å². The molecule has 0 rings (SSSR count). The summed E-state index contributed by atoms with van der Waals surface area (Å²) in [4.78, 5) is 177. The molecule has 0 heterocycles. The molecule has 540 valence electrons. The van der Waals surface area contributed by atoms with E-state index < -0.39 is 147 Å². The summed E-state index contributed by atoms with van der Waals surface area (Å²) in [5, 5.41) is 5.63. The summed E-state index contributed by atoms with van der Waals surface area (Å²) in [6.45, 7) is 30.8. The second-order valence-electron chi connectivity index (χ2n) is 28.2. The van der Waals surface area contributed by atoms with Gasteiger partial charge in [-0.1, -0.05) is 116 Å². The average molecular weight is 1350 g/mol. The third-order valence-corrected chi connectivity index (χ3v) is 18.7. The lowest BCUT2D eigenvalue weighted by Crippen LogP contribution is -2.63. The molecule has 0 aliphatic rings. The molecule has 2 N–H and O–H groups in total. The molecule has 24 nitrogen and oxygen atoms in total. The number of hydrogen-bond donors (Lipinski definition) is 2. The van der Waals surface area contributed by atoms with E-state index in [1.54, 1.807) is 89.4 Å². The first kappa shape index (κ1) is 87.9. The Hall–Kier alpha value is -6.11. The van der Waals surface area contributed by atoms with E-state index in [-0.39, 0.29) is 105 Å². The van der Waals surface area contributed by atoms with E-state index in [2.05, 4.69) is 10.6 Å². The number of Topliss-reactive ketones (excluding diaryl/α,β-unsaturated/α-hetero) is 3. The molecule has 94 heavy (non-hydrogen) atoms. The number of allylic oxidation sites excluding steroid dienone is 2. The zero-order chi connectivity index (χ0) is 73.3. The number of carbonyl (C=O) groups is 12. The fourth-order valence-corrected chi connectivity index (χ4v) is 13.0. The Morgan fingerprint density at radius 1 is 0.543 bits per heavy atom. The summed E-state index contributed by atoms with van der Waals surface area (Å²) in [5.41, 5.74) is 0. The molecule has 0 aliphatic heterocycles. The number of rotatable bonds is 43. The number of nitrogens with zero attached hydrogens (tertiary/aromatic N) is 6. The second-order valence-corrected chi connectivity index (χ2v) is 30.4. The van der Waals surface area contributed by atoms with Gasteiger partial charge in [0.05, 0.1) is 24.4 Å². The highest BCUT2D eigenvalue weighted by Crippen LogP contribution is 2.29. The Bertz CT molecular complexity index is 2700. The van der Waals surface area contributed by atoms with Crippen molar-refractivity contribution in [3.8, 4) is 0 Å².